The fourth-order valence-corrected chi connectivity index (χ4v) is 4.55. The number of aryl methyl sites for hydroxylation is 2. The lowest BCUT2D eigenvalue weighted by Gasteiger charge is -2.23. The largest absolute Gasteiger partial charge is 0.380 e. The quantitative estimate of drug-likeness (QED) is 0.267. The molecule has 0 spiro atoms. The van der Waals surface area contributed by atoms with E-state index < -0.39 is 0 Å². The van der Waals surface area contributed by atoms with Crippen LogP contribution in [0, 0.1) is 0 Å². The lowest BCUT2D eigenvalue weighted by atomic mass is 9.87. The van der Waals surface area contributed by atoms with Gasteiger partial charge in [0.1, 0.15) is 0 Å². The van der Waals surface area contributed by atoms with E-state index in [9.17, 15) is 0 Å². The molecule has 30 heavy (non-hydrogen) atoms. The average molecular weight is 437 g/mol. The van der Waals surface area contributed by atoms with Crippen molar-refractivity contribution < 1.29 is 0 Å². The van der Waals surface area contributed by atoms with Crippen LogP contribution in [0.25, 0.3) is 0 Å². The highest BCUT2D eigenvalue weighted by atomic mass is 32.1. The van der Waals surface area contributed by atoms with E-state index in [1.54, 1.807) is 0 Å². The van der Waals surface area contributed by atoms with Gasteiger partial charge in [-0.2, -0.15) is 0 Å². The van der Waals surface area contributed by atoms with Crippen LogP contribution < -0.4 is 10.6 Å². The number of nitrogens with one attached hydrogen (secondary N) is 2. The molecule has 0 aromatic heterocycles. The molecule has 4 heteroatoms. The van der Waals surface area contributed by atoms with Crippen LogP contribution in [0.3, 0.4) is 0 Å². The molecule has 2 N–H and O–H groups in total. The Morgan fingerprint density at radius 2 is 1.03 bits per heavy atom. The van der Waals surface area contributed by atoms with Gasteiger partial charge in [0.15, 0.2) is 0 Å². The molecule has 0 aliphatic rings. The van der Waals surface area contributed by atoms with Crippen molar-refractivity contribution in [1.82, 2.24) is 0 Å². The Hall–Kier alpha value is -2.04. The summed E-state index contributed by atoms with van der Waals surface area (Å²) in [5.41, 5.74) is 9.33. The smallest absolute Gasteiger partial charge is 0.0478 e. The van der Waals surface area contributed by atoms with Gasteiger partial charge in [0.05, 0.1) is 0 Å². The van der Waals surface area contributed by atoms with Crippen LogP contribution in [0.1, 0.15) is 48.6 Å². The second-order valence-corrected chi connectivity index (χ2v) is 8.40. The predicted octanol–water partition coefficient (Wildman–Crippen LogP) is 7.18. The SMILES string of the molecule is CCc1cc(CC)c(CNc2ccccc2S)c(CC)c1CNc1ccccc1S. The third-order valence-corrected chi connectivity index (χ3v) is 6.47. The van der Waals surface area contributed by atoms with Crippen LogP contribution in [-0.2, 0) is 32.4 Å². The van der Waals surface area contributed by atoms with Gasteiger partial charge >= 0.3 is 0 Å². The Labute approximate surface area is 192 Å². The molecule has 158 valence electrons. The van der Waals surface area contributed by atoms with Gasteiger partial charge < -0.3 is 10.6 Å². The Bertz CT molecular complexity index is 923. The zero-order chi connectivity index (χ0) is 21.5. The number of rotatable bonds is 9. The first-order chi connectivity index (χ1) is 14.6. The fourth-order valence-electron chi connectivity index (χ4n) is 4.07. The Balaban J connectivity index is 1.95. The van der Waals surface area contributed by atoms with E-state index in [1.165, 1.54) is 27.8 Å². The van der Waals surface area contributed by atoms with Crippen LogP contribution in [-0.4, -0.2) is 0 Å². The molecule has 0 heterocycles. The van der Waals surface area contributed by atoms with Crippen molar-refractivity contribution in [3.05, 3.63) is 82.4 Å². The van der Waals surface area contributed by atoms with Crippen molar-refractivity contribution in [2.45, 2.75) is 62.9 Å². The monoisotopic (exact) mass is 436 g/mol. The second-order valence-electron chi connectivity index (χ2n) is 7.43. The number of anilines is 2. The van der Waals surface area contributed by atoms with E-state index in [1.807, 2.05) is 36.4 Å². The highest BCUT2D eigenvalue weighted by Crippen LogP contribution is 2.29. The van der Waals surface area contributed by atoms with Crippen molar-refractivity contribution in [2.75, 3.05) is 10.6 Å². The minimum absolute atomic E-state index is 0.810. The van der Waals surface area contributed by atoms with Crippen LogP contribution in [0.4, 0.5) is 11.4 Å². The summed E-state index contributed by atoms with van der Waals surface area (Å²) < 4.78 is 0. The molecule has 3 rings (SSSR count). The third kappa shape index (κ3) is 5.16. The molecule has 0 radical (unpaired) electrons. The van der Waals surface area contributed by atoms with Crippen LogP contribution in [0.15, 0.2) is 64.4 Å². The highest BCUT2D eigenvalue weighted by molar-refractivity contribution is 7.80. The van der Waals surface area contributed by atoms with E-state index in [0.29, 0.717) is 0 Å². The minimum atomic E-state index is 0.810. The number of hydrogen-bond acceptors (Lipinski definition) is 4. The molecule has 0 bridgehead atoms. The van der Waals surface area contributed by atoms with Gasteiger partial charge in [0, 0.05) is 34.3 Å². The van der Waals surface area contributed by atoms with Crippen molar-refractivity contribution in [3.63, 3.8) is 0 Å². The van der Waals surface area contributed by atoms with Crippen LogP contribution in [0.5, 0.6) is 0 Å². The maximum absolute atomic E-state index is 4.60. The molecule has 0 unspecified atom stereocenters. The van der Waals surface area contributed by atoms with Crippen molar-refractivity contribution in [1.29, 1.82) is 0 Å². The number of benzene rings is 3. The number of thiol groups is 2. The maximum atomic E-state index is 4.60. The topological polar surface area (TPSA) is 24.1 Å². The first kappa shape index (κ1) is 22.6. The molecule has 0 saturated carbocycles. The van der Waals surface area contributed by atoms with Crippen LogP contribution >= 0.6 is 25.3 Å². The molecule has 0 atom stereocenters. The Kier molecular flexibility index (Phi) is 8.17. The van der Waals surface area contributed by atoms with E-state index in [4.69, 9.17) is 0 Å². The lowest BCUT2D eigenvalue weighted by Crippen LogP contribution is -2.14. The van der Waals surface area contributed by atoms with Gasteiger partial charge in [-0.25, -0.2) is 0 Å². The first-order valence-electron chi connectivity index (χ1n) is 10.8. The molecule has 0 amide bonds. The van der Waals surface area contributed by atoms with E-state index in [-0.39, 0.29) is 0 Å². The molecule has 0 fully saturated rings. The molecule has 0 saturated heterocycles. The minimum Gasteiger partial charge on any atom is -0.380 e. The molecular weight excluding hydrogens is 404 g/mol. The van der Waals surface area contributed by atoms with E-state index in [2.05, 4.69) is 74.9 Å². The summed E-state index contributed by atoms with van der Waals surface area (Å²) in [6.45, 7) is 8.38. The van der Waals surface area contributed by atoms with Crippen LogP contribution in [0.2, 0.25) is 0 Å². The van der Waals surface area contributed by atoms with Crippen molar-refractivity contribution in [3.8, 4) is 0 Å². The summed E-state index contributed by atoms with van der Waals surface area (Å²) in [4.78, 5) is 1.96. The summed E-state index contributed by atoms with van der Waals surface area (Å²) in [7, 11) is 0. The van der Waals surface area contributed by atoms with Gasteiger partial charge in [-0.15, -0.1) is 25.3 Å². The normalized spacial score (nSPS) is 10.8. The summed E-state index contributed by atoms with van der Waals surface area (Å²) in [6, 6.07) is 18.8. The van der Waals surface area contributed by atoms with Crippen molar-refractivity contribution in [2.24, 2.45) is 0 Å². The molecular formula is C26H32N2S2. The Morgan fingerprint density at radius 1 is 0.600 bits per heavy atom. The highest BCUT2D eigenvalue weighted by Gasteiger charge is 2.16. The van der Waals surface area contributed by atoms with Gasteiger partial charge in [-0.1, -0.05) is 51.1 Å². The molecule has 3 aromatic rings. The van der Waals surface area contributed by atoms with Gasteiger partial charge in [0.25, 0.3) is 0 Å². The molecule has 0 aliphatic heterocycles. The summed E-state index contributed by atoms with van der Waals surface area (Å²) in [6.07, 6.45) is 3.08. The average Bonchev–Trinajstić information content (AvgIpc) is 2.77. The van der Waals surface area contributed by atoms with Gasteiger partial charge in [-0.05, 0) is 71.3 Å². The summed E-state index contributed by atoms with van der Waals surface area (Å²) in [5, 5.41) is 7.23. The zero-order valence-electron chi connectivity index (χ0n) is 18.1. The predicted molar refractivity (Wildman–Crippen MR) is 137 cm³/mol. The fraction of sp³-hybridized carbons (Fsp3) is 0.308. The number of hydrogen-bond donors (Lipinski definition) is 4. The van der Waals surface area contributed by atoms with Gasteiger partial charge in [-0.3, -0.25) is 0 Å². The Morgan fingerprint density at radius 3 is 1.40 bits per heavy atom. The molecule has 0 aliphatic carbocycles. The zero-order valence-corrected chi connectivity index (χ0v) is 19.9. The lowest BCUT2D eigenvalue weighted by molar-refractivity contribution is 0.919. The second kappa shape index (κ2) is 10.8. The van der Waals surface area contributed by atoms with Crippen molar-refractivity contribution >= 4 is 36.6 Å². The molecule has 2 nitrogen and oxygen atoms in total. The van der Waals surface area contributed by atoms with E-state index >= 15 is 0 Å². The third-order valence-electron chi connectivity index (χ3n) is 5.69. The van der Waals surface area contributed by atoms with Gasteiger partial charge in [0.2, 0.25) is 0 Å². The van der Waals surface area contributed by atoms with E-state index in [0.717, 1.165) is 53.5 Å². The summed E-state index contributed by atoms with van der Waals surface area (Å²) in [5.74, 6) is 0. The maximum Gasteiger partial charge on any atom is 0.0478 e. The molecule has 3 aromatic carbocycles. The first-order valence-corrected chi connectivity index (χ1v) is 11.7. The summed E-state index contributed by atoms with van der Waals surface area (Å²) >= 11 is 9.19. The standard InChI is InChI=1S/C26H32N2S2/c1-4-18-15-19(5-2)22(17-28-24-12-8-10-14-26(24)30)20(6-3)21(18)16-27-23-11-7-9-13-25(23)29/h7-15,27-30H,4-6,16-17H2,1-3H3. The number of para-hydroxylation sites is 2.